The van der Waals surface area contributed by atoms with E-state index in [1.165, 1.54) is 0 Å². The number of hydrogen-bond acceptors (Lipinski definition) is 1. The van der Waals surface area contributed by atoms with Crippen molar-refractivity contribution in [3.05, 3.63) is 0 Å². The summed E-state index contributed by atoms with van der Waals surface area (Å²) in [5.41, 5.74) is 0. The standard InChI is InChI=1S/C2H4O2.3Y/c1-2(3)4;;;/h1H3,(H,3,4);;;. The fraction of sp³-hybridized carbons (Fsp3) is 0.500. The Morgan fingerprint density at radius 1 is 1.29 bits per heavy atom. The van der Waals surface area contributed by atoms with Gasteiger partial charge in [-0.15, -0.1) is 0 Å². The molecule has 2 nitrogen and oxygen atoms in total. The van der Waals surface area contributed by atoms with Crippen LogP contribution in [-0.4, -0.2) is 11.1 Å². The Bertz CT molecular complexity index is 33.9. The van der Waals surface area contributed by atoms with E-state index >= 15 is 0 Å². The van der Waals surface area contributed by atoms with Gasteiger partial charge in [-0.2, -0.15) is 0 Å². The second-order valence-corrected chi connectivity index (χ2v) is 0.519. The number of carboxylic acids is 1. The van der Waals surface area contributed by atoms with E-state index in [-0.39, 0.29) is 98.1 Å². The van der Waals surface area contributed by atoms with Crippen molar-refractivity contribution < 1.29 is 108 Å². The zero-order valence-corrected chi connectivity index (χ0v) is 12.6. The van der Waals surface area contributed by atoms with Crippen LogP contribution in [0.15, 0.2) is 0 Å². The number of rotatable bonds is 0. The predicted octanol–water partition coefficient (Wildman–Crippen LogP) is 0.0834. The average Bonchev–Trinajstić information content (AvgIpc) is 0.811. The van der Waals surface area contributed by atoms with Gasteiger partial charge in [0, 0.05) is 105 Å². The van der Waals surface area contributed by atoms with Crippen LogP contribution in [-0.2, 0) is 103 Å². The summed E-state index contributed by atoms with van der Waals surface area (Å²) in [6.07, 6.45) is 0. The Hall–Kier alpha value is 2.78. The molecule has 0 aliphatic heterocycles. The Morgan fingerprint density at radius 2 is 1.29 bits per heavy atom. The second-order valence-electron chi connectivity index (χ2n) is 0.519. The third-order valence-electron chi connectivity index (χ3n) is 0. The molecule has 0 aromatic rings. The summed E-state index contributed by atoms with van der Waals surface area (Å²) >= 11 is 0. The van der Waals surface area contributed by atoms with Gasteiger partial charge in [-0.1, -0.05) is 0 Å². The molecule has 33 valence electrons. The topological polar surface area (TPSA) is 37.3 Å². The first-order valence-corrected chi connectivity index (χ1v) is 0.928. The molecular formula is C2H4O2Y3. The van der Waals surface area contributed by atoms with Crippen molar-refractivity contribution in [2.45, 2.75) is 6.92 Å². The van der Waals surface area contributed by atoms with Crippen molar-refractivity contribution in [2.24, 2.45) is 0 Å². The van der Waals surface area contributed by atoms with Gasteiger partial charge in [0.25, 0.3) is 5.97 Å². The van der Waals surface area contributed by atoms with Crippen LogP contribution in [0.25, 0.3) is 0 Å². The van der Waals surface area contributed by atoms with Crippen LogP contribution in [0, 0.1) is 0 Å². The summed E-state index contributed by atoms with van der Waals surface area (Å²) in [6.45, 7) is 1.08. The summed E-state index contributed by atoms with van der Waals surface area (Å²) in [7, 11) is 0. The molecule has 0 spiro atoms. The van der Waals surface area contributed by atoms with Crippen LogP contribution < -0.4 is 0 Å². The zero-order valence-electron chi connectivity index (χ0n) is 4.09. The molecule has 0 amide bonds. The predicted molar refractivity (Wildman–Crippen MR) is 13.3 cm³/mol. The van der Waals surface area contributed by atoms with E-state index in [4.69, 9.17) is 9.90 Å². The molecule has 0 bridgehead atoms. The van der Waals surface area contributed by atoms with Crippen molar-refractivity contribution in [1.82, 2.24) is 0 Å². The second kappa shape index (κ2) is 15.9. The number of aliphatic carboxylic acids is 1. The quantitative estimate of drug-likeness (QED) is 0.685. The van der Waals surface area contributed by atoms with Gasteiger partial charge in [0.1, 0.15) is 0 Å². The van der Waals surface area contributed by atoms with E-state index in [2.05, 4.69) is 0 Å². The molecule has 0 saturated carbocycles. The number of carbonyl (C=O) groups is 1. The smallest absolute Gasteiger partial charge is 0.300 e. The molecule has 0 aliphatic carbocycles. The van der Waals surface area contributed by atoms with E-state index in [0.717, 1.165) is 6.92 Å². The van der Waals surface area contributed by atoms with E-state index in [1.54, 1.807) is 0 Å². The van der Waals surface area contributed by atoms with Gasteiger partial charge in [0.2, 0.25) is 0 Å². The molecule has 7 heavy (non-hydrogen) atoms. The minimum absolute atomic E-state index is 0. The van der Waals surface area contributed by atoms with E-state index in [9.17, 15) is 0 Å². The maximum Gasteiger partial charge on any atom is 0.300 e. The monoisotopic (exact) mass is 327 g/mol. The molecule has 0 fully saturated rings. The Kier molecular flexibility index (Phi) is 51.3. The maximum absolute atomic E-state index is 9.00. The van der Waals surface area contributed by atoms with Crippen molar-refractivity contribution in [2.75, 3.05) is 0 Å². The Morgan fingerprint density at radius 3 is 1.29 bits per heavy atom. The number of hydrogen-bond donors (Lipinski definition) is 1. The first-order valence-electron chi connectivity index (χ1n) is 0.928. The minimum atomic E-state index is -0.833. The molecule has 1 N–H and O–H groups in total. The number of carboxylic acid groups (broad SMARTS) is 1. The largest absolute Gasteiger partial charge is 0.481 e. The molecule has 0 aromatic heterocycles. The van der Waals surface area contributed by atoms with Gasteiger partial charge in [-0.05, 0) is 0 Å². The van der Waals surface area contributed by atoms with Gasteiger partial charge in [-0.3, -0.25) is 4.79 Å². The van der Waals surface area contributed by atoms with E-state index in [0.29, 0.717) is 0 Å². The molecule has 5 heteroatoms. The van der Waals surface area contributed by atoms with Crippen LogP contribution in [0.2, 0.25) is 0 Å². The van der Waals surface area contributed by atoms with Gasteiger partial charge in [0.05, 0.1) is 0 Å². The third kappa shape index (κ3) is 52.2. The zero-order chi connectivity index (χ0) is 3.58. The summed E-state index contributed by atoms with van der Waals surface area (Å²) < 4.78 is 0. The van der Waals surface area contributed by atoms with Crippen molar-refractivity contribution in [1.29, 1.82) is 0 Å². The normalized spacial score (nSPS) is 3.57. The van der Waals surface area contributed by atoms with Crippen LogP contribution in [0.1, 0.15) is 6.92 Å². The molecule has 0 rings (SSSR count). The fourth-order valence-corrected chi connectivity index (χ4v) is 0. The van der Waals surface area contributed by atoms with Crippen molar-refractivity contribution in [3.8, 4) is 0 Å². The van der Waals surface area contributed by atoms with Gasteiger partial charge >= 0.3 is 0 Å². The van der Waals surface area contributed by atoms with Gasteiger partial charge in [0.15, 0.2) is 0 Å². The Balaban J connectivity index is -0.0000000150. The molecular weight excluding hydrogens is 323 g/mol. The molecule has 0 atom stereocenters. The Labute approximate surface area is 118 Å². The van der Waals surface area contributed by atoms with Gasteiger partial charge < -0.3 is 5.11 Å². The molecule has 0 saturated heterocycles. The molecule has 0 aromatic carbocycles. The van der Waals surface area contributed by atoms with E-state index < -0.39 is 5.97 Å². The van der Waals surface area contributed by atoms with Gasteiger partial charge in [-0.25, -0.2) is 0 Å². The minimum Gasteiger partial charge on any atom is -0.481 e. The molecule has 0 heterocycles. The third-order valence-corrected chi connectivity index (χ3v) is 0. The summed E-state index contributed by atoms with van der Waals surface area (Å²) in [4.78, 5) is 9.00. The van der Waals surface area contributed by atoms with E-state index in [1.807, 2.05) is 0 Å². The first-order chi connectivity index (χ1) is 1.73. The van der Waals surface area contributed by atoms with Crippen LogP contribution in [0.3, 0.4) is 0 Å². The molecule has 0 aliphatic rings. The van der Waals surface area contributed by atoms with Crippen LogP contribution >= 0.6 is 0 Å². The molecule has 3 radical (unpaired) electrons. The van der Waals surface area contributed by atoms with Crippen LogP contribution in [0.5, 0.6) is 0 Å². The summed E-state index contributed by atoms with van der Waals surface area (Å²) in [5.74, 6) is -0.833. The molecule has 0 unspecified atom stereocenters. The van der Waals surface area contributed by atoms with Crippen LogP contribution in [0.4, 0.5) is 0 Å². The fourth-order valence-electron chi connectivity index (χ4n) is 0. The van der Waals surface area contributed by atoms with Crippen molar-refractivity contribution >= 4 is 5.97 Å². The van der Waals surface area contributed by atoms with Crippen molar-refractivity contribution in [3.63, 3.8) is 0 Å². The first kappa shape index (κ1) is 22.6. The summed E-state index contributed by atoms with van der Waals surface area (Å²) in [5, 5.41) is 7.42. The summed E-state index contributed by atoms with van der Waals surface area (Å²) in [6, 6.07) is 0. The SMILES string of the molecule is CC(=O)O.[Y].[Y].[Y]. The maximum atomic E-state index is 9.00. The average molecular weight is 327 g/mol.